The van der Waals surface area contributed by atoms with Crippen LogP contribution in [0.25, 0.3) is 0 Å². The number of benzene rings is 1. The number of hydrogen-bond donors (Lipinski definition) is 0. The summed E-state index contributed by atoms with van der Waals surface area (Å²) in [5.41, 5.74) is -1.02. The van der Waals surface area contributed by atoms with Crippen LogP contribution in [0.4, 0.5) is 22.0 Å². The molecule has 1 aromatic carbocycles. The van der Waals surface area contributed by atoms with Crippen LogP contribution in [0.15, 0.2) is 24.3 Å². The molecule has 16 heavy (non-hydrogen) atoms. The van der Waals surface area contributed by atoms with Crippen molar-refractivity contribution < 1.29 is 22.0 Å². The van der Waals surface area contributed by atoms with Crippen molar-refractivity contribution in [1.29, 1.82) is 5.26 Å². The number of nitrogens with zero attached hydrogens (tertiary/aromatic N) is 1. The Bertz CT molecular complexity index is 416. The maximum atomic E-state index is 12.9. The zero-order valence-electron chi connectivity index (χ0n) is 7.85. The lowest BCUT2D eigenvalue weighted by Gasteiger charge is -2.20. The third-order valence-electron chi connectivity index (χ3n) is 1.93. The number of hydrogen-bond acceptors (Lipinski definition) is 1. The topological polar surface area (TPSA) is 23.8 Å². The maximum absolute atomic E-state index is 12.9. The Labute approximate surface area is 88.1 Å². The molecule has 0 bridgehead atoms. The summed E-state index contributed by atoms with van der Waals surface area (Å²) in [4.78, 5) is 0. The Morgan fingerprint density at radius 2 is 1.75 bits per heavy atom. The summed E-state index contributed by atoms with van der Waals surface area (Å²) in [6.07, 6.45) is -5.83. The fourth-order valence-corrected chi connectivity index (χ4v) is 1.13. The van der Waals surface area contributed by atoms with Gasteiger partial charge in [-0.05, 0) is 11.6 Å². The number of alkyl halides is 5. The van der Waals surface area contributed by atoms with Crippen molar-refractivity contribution in [2.24, 2.45) is 0 Å². The van der Waals surface area contributed by atoms with E-state index < -0.39 is 17.7 Å². The normalized spacial score (nSPS) is 12.2. The van der Waals surface area contributed by atoms with E-state index in [-0.39, 0.29) is 12.0 Å². The predicted octanol–water partition coefficient (Wildman–Crippen LogP) is 3.41. The molecule has 1 nitrogen and oxygen atoms in total. The number of rotatable bonds is 2. The molecule has 0 aliphatic carbocycles. The van der Waals surface area contributed by atoms with E-state index in [4.69, 9.17) is 5.26 Å². The SMILES string of the molecule is N#CCc1cccc(C(F)(F)C(F)(F)F)c1. The minimum atomic E-state index is -5.63. The van der Waals surface area contributed by atoms with Crippen LogP contribution in [0, 0.1) is 11.3 Å². The van der Waals surface area contributed by atoms with Crippen molar-refractivity contribution in [1.82, 2.24) is 0 Å². The van der Waals surface area contributed by atoms with E-state index in [1.54, 1.807) is 6.07 Å². The molecule has 0 aromatic heterocycles. The smallest absolute Gasteiger partial charge is 0.198 e. The molecule has 0 aliphatic heterocycles. The van der Waals surface area contributed by atoms with E-state index in [9.17, 15) is 22.0 Å². The summed E-state index contributed by atoms with van der Waals surface area (Å²) < 4.78 is 61.8. The van der Waals surface area contributed by atoms with Gasteiger partial charge in [0.25, 0.3) is 0 Å². The predicted molar refractivity (Wildman–Crippen MR) is 45.7 cm³/mol. The van der Waals surface area contributed by atoms with Gasteiger partial charge in [-0.25, -0.2) is 0 Å². The summed E-state index contributed by atoms with van der Waals surface area (Å²) in [6, 6.07) is 5.44. The summed E-state index contributed by atoms with van der Waals surface area (Å²) in [5, 5.41) is 8.31. The van der Waals surface area contributed by atoms with Gasteiger partial charge in [0.15, 0.2) is 0 Å². The molecular formula is C10H6F5N. The van der Waals surface area contributed by atoms with Crippen molar-refractivity contribution >= 4 is 0 Å². The van der Waals surface area contributed by atoms with Crippen LogP contribution in [0.2, 0.25) is 0 Å². The van der Waals surface area contributed by atoms with Gasteiger partial charge in [0.05, 0.1) is 12.5 Å². The maximum Gasteiger partial charge on any atom is 0.458 e. The Hall–Kier alpha value is -1.64. The molecule has 0 heterocycles. The van der Waals surface area contributed by atoms with E-state index in [2.05, 4.69) is 0 Å². The molecule has 0 N–H and O–H groups in total. The van der Waals surface area contributed by atoms with Crippen LogP contribution in [-0.2, 0) is 12.3 Å². The third kappa shape index (κ3) is 2.30. The van der Waals surface area contributed by atoms with Crippen LogP contribution in [-0.4, -0.2) is 6.18 Å². The first kappa shape index (κ1) is 12.4. The largest absolute Gasteiger partial charge is 0.458 e. The Morgan fingerprint density at radius 3 is 2.25 bits per heavy atom. The average Bonchev–Trinajstić information content (AvgIpc) is 2.17. The molecule has 0 spiro atoms. The number of halogens is 5. The van der Waals surface area contributed by atoms with Gasteiger partial charge in [-0.1, -0.05) is 18.2 Å². The van der Waals surface area contributed by atoms with Gasteiger partial charge in [-0.15, -0.1) is 0 Å². The van der Waals surface area contributed by atoms with E-state index in [0.717, 1.165) is 6.07 Å². The van der Waals surface area contributed by atoms with Gasteiger partial charge >= 0.3 is 12.1 Å². The van der Waals surface area contributed by atoms with Crippen LogP contribution in [0.5, 0.6) is 0 Å². The standard InChI is InChI=1S/C10H6F5N/c11-9(12,10(13,14)15)8-3-1-2-7(6-8)4-5-16/h1-3,6H,4H2. The van der Waals surface area contributed by atoms with Gasteiger partial charge < -0.3 is 0 Å². The highest BCUT2D eigenvalue weighted by molar-refractivity contribution is 5.29. The molecule has 1 rings (SSSR count). The third-order valence-corrected chi connectivity index (χ3v) is 1.93. The average molecular weight is 235 g/mol. The highest BCUT2D eigenvalue weighted by atomic mass is 19.4. The van der Waals surface area contributed by atoms with E-state index in [1.807, 2.05) is 0 Å². The zero-order chi connectivity index (χ0) is 12.4. The van der Waals surface area contributed by atoms with Crippen LogP contribution in [0.3, 0.4) is 0 Å². The monoisotopic (exact) mass is 235 g/mol. The molecule has 0 unspecified atom stereocenters. The van der Waals surface area contributed by atoms with Gasteiger partial charge in [-0.2, -0.15) is 27.2 Å². The molecule has 0 aliphatic rings. The van der Waals surface area contributed by atoms with Crippen molar-refractivity contribution in [3.05, 3.63) is 35.4 Å². The summed E-state index contributed by atoms with van der Waals surface area (Å²) in [5.74, 6) is -4.89. The quantitative estimate of drug-likeness (QED) is 0.720. The molecule has 0 fully saturated rings. The Morgan fingerprint density at radius 1 is 1.12 bits per heavy atom. The fourth-order valence-electron chi connectivity index (χ4n) is 1.13. The second-order valence-corrected chi connectivity index (χ2v) is 3.11. The van der Waals surface area contributed by atoms with Crippen LogP contribution in [0.1, 0.15) is 11.1 Å². The molecule has 0 radical (unpaired) electrons. The summed E-state index contributed by atoms with van der Waals surface area (Å²) in [6.45, 7) is 0. The van der Waals surface area contributed by atoms with Gasteiger partial charge in [0.2, 0.25) is 0 Å². The van der Waals surface area contributed by atoms with Gasteiger partial charge in [0, 0.05) is 5.56 Å². The number of nitriles is 1. The minimum absolute atomic E-state index is 0.129. The zero-order valence-corrected chi connectivity index (χ0v) is 7.85. The van der Waals surface area contributed by atoms with E-state index >= 15 is 0 Å². The first-order valence-corrected chi connectivity index (χ1v) is 4.20. The minimum Gasteiger partial charge on any atom is -0.198 e. The Balaban J connectivity index is 3.14. The molecule has 1 aromatic rings. The van der Waals surface area contributed by atoms with Crippen molar-refractivity contribution in [3.63, 3.8) is 0 Å². The van der Waals surface area contributed by atoms with Crippen molar-refractivity contribution in [2.45, 2.75) is 18.5 Å². The van der Waals surface area contributed by atoms with Crippen LogP contribution < -0.4 is 0 Å². The summed E-state index contributed by atoms with van der Waals surface area (Å²) >= 11 is 0. The highest BCUT2D eigenvalue weighted by Gasteiger charge is 2.58. The van der Waals surface area contributed by atoms with Crippen molar-refractivity contribution in [2.75, 3.05) is 0 Å². The second-order valence-electron chi connectivity index (χ2n) is 3.11. The molecule has 6 heteroatoms. The van der Waals surface area contributed by atoms with Crippen molar-refractivity contribution in [3.8, 4) is 6.07 Å². The lowest BCUT2D eigenvalue weighted by atomic mass is 10.0. The molecule has 86 valence electrons. The van der Waals surface area contributed by atoms with Gasteiger partial charge in [-0.3, -0.25) is 0 Å². The first-order valence-electron chi connectivity index (χ1n) is 4.20. The molecular weight excluding hydrogens is 229 g/mol. The summed E-state index contributed by atoms with van der Waals surface area (Å²) in [7, 11) is 0. The molecule has 0 saturated heterocycles. The molecule has 0 saturated carbocycles. The van der Waals surface area contributed by atoms with Crippen LogP contribution >= 0.6 is 0 Å². The lowest BCUT2D eigenvalue weighted by molar-refractivity contribution is -0.289. The Kier molecular flexibility index (Phi) is 3.17. The van der Waals surface area contributed by atoms with Gasteiger partial charge in [0.1, 0.15) is 0 Å². The fraction of sp³-hybridized carbons (Fsp3) is 0.300. The highest BCUT2D eigenvalue weighted by Crippen LogP contribution is 2.43. The van der Waals surface area contributed by atoms with E-state index in [0.29, 0.717) is 12.1 Å². The lowest BCUT2D eigenvalue weighted by Crippen LogP contribution is -2.33. The second kappa shape index (κ2) is 4.08. The first-order chi connectivity index (χ1) is 7.29. The molecule has 0 atom stereocenters. The molecule has 0 amide bonds. The van der Waals surface area contributed by atoms with E-state index in [1.165, 1.54) is 6.07 Å².